The van der Waals surface area contributed by atoms with Gasteiger partial charge in [-0.25, -0.2) is 0 Å². The van der Waals surface area contributed by atoms with Gasteiger partial charge in [-0.15, -0.1) is 10.2 Å². The second-order valence-electron chi connectivity index (χ2n) is 5.73. The largest absolute Gasteiger partial charge is 0.421 e. The lowest BCUT2D eigenvalue weighted by Gasteiger charge is -2.07. The van der Waals surface area contributed by atoms with E-state index in [0.29, 0.717) is 11.8 Å². The Balaban J connectivity index is 1.82. The van der Waals surface area contributed by atoms with Crippen LogP contribution in [0, 0.1) is 6.92 Å². The number of hydrogen-bond donors (Lipinski definition) is 2. The average Bonchev–Trinajstić information content (AvgIpc) is 3.33. The number of fused-ring (bicyclic) bond motifs is 2. The monoisotopic (exact) mass is 315 g/mol. The Hall–Kier alpha value is -3.41. The van der Waals surface area contributed by atoms with E-state index in [1.807, 2.05) is 12.3 Å². The zero-order valence-electron chi connectivity index (χ0n) is 12.9. The molecule has 5 aromatic rings. The van der Waals surface area contributed by atoms with E-state index in [2.05, 4.69) is 55.7 Å². The first kappa shape index (κ1) is 13.1. The van der Waals surface area contributed by atoms with Crippen LogP contribution in [0.5, 0.6) is 0 Å². The van der Waals surface area contributed by atoms with Crippen LogP contribution in [-0.2, 0) is 0 Å². The number of benzene rings is 2. The quantitative estimate of drug-likeness (QED) is 0.514. The van der Waals surface area contributed by atoms with E-state index >= 15 is 0 Å². The number of hydrogen-bond acceptors (Lipinski definition) is 4. The van der Waals surface area contributed by atoms with Crippen molar-refractivity contribution in [3.8, 4) is 22.6 Å². The standard InChI is InChI=1S/C18H13N5O/c1-10-21-23-18(24-10)14-7-11(8-17-15(14)9-20-22-17)12-3-2-4-16-13(12)5-6-19-16/h2-9,19H,1H3,(H,20,22). The van der Waals surface area contributed by atoms with Gasteiger partial charge in [0.25, 0.3) is 0 Å². The van der Waals surface area contributed by atoms with Crippen molar-refractivity contribution in [3.63, 3.8) is 0 Å². The molecule has 2 N–H and O–H groups in total. The third-order valence-corrected chi connectivity index (χ3v) is 4.22. The number of aromatic amines is 2. The van der Waals surface area contributed by atoms with Crippen molar-refractivity contribution in [2.45, 2.75) is 6.92 Å². The molecular formula is C18H13N5O. The van der Waals surface area contributed by atoms with Crippen molar-refractivity contribution in [3.05, 3.63) is 54.7 Å². The summed E-state index contributed by atoms with van der Waals surface area (Å²) < 4.78 is 5.64. The Bertz CT molecular complexity index is 1180. The fraction of sp³-hybridized carbons (Fsp3) is 0.0556. The predicted octanol–water partition coefficient (Wildman–Crippen LogP) is 4.07. The molecule has 6 nitrogen and oxygen atoms in total. The molecule has 116 valence electrons. The molecule has 0 aliphatic heterocycles. The molecule has 3 aromatic heterocycles. The SMILES string of the molecule is Cc1nnc(-c2cc(-c3cccc4[nH]ccc34)cc3[nH]ncc23)o1. The van der Waals surface area contributed by atoms with Crippen molar-refractivity contribution in [1.29, 1.82) is 0 Å². The van der Waals surface area contributed by atoms with Crippen LogP contribution in [-0.4, -0.2) is 25.4 Å². The fourth-order valence-electron chi connectivity index (χ4n) is 3.13. The van der Waals surface area contributed by atoms with E-state index in [1.54, 1.807) is 13.1 Å². The molecule has 0 atom stereocenters. The summed E-state index contributed by atoms with van der Waals surface area (Å²) >= 11 is 0. The minimum atomic E-state index is 0.502. The van der Waals surface area contributed by atoms with Crippen LogP contribution in [0.4, 0.5) is 0 Å². The van der Waals surface area contributed by atoms with E-state index < -0.39 is 0 Å². The zero-order valence-corrected chi connectivity index (χ0v) is 12.9. The number of H-pyrrole nitrogens is 2. The van der Waals surface area contributed by atoms with E-state index in [9.17, 15) is 0 Å². The van der Waals surface area contributed by atoms with E-state index in [0.717, 1.165) is 33.1 Å². The second-order valence-corrected chi connectivity index (χ2v) is 5.73. The van der Waals surface area contributed by atoms with Gasteiger partial charge in [0.15, 0.2) is 0 Å². The first-order valence-corrected chi connectivity index (χ1v) is 7.64. The summed E-state index contributed by atoms with van der Waals surface area (Å²) in [5.74, 6) is 1.04. The first-order chi connectivity index (χ1) is 11.8. The molecular weight excluding hydrogens is 302 g/mol. The van der Waals surface area contributed by atoms with Crippen LogP contribution in [0.1, 0.15) is 5.89 Å². The Morgan fingerprint density at radius 2 is 1.92 bits per heavy atom. The maximum atomic E-state index is 5.64. The fourth-order valence-corrected chi connectivity index (χ4v) is 3.13. The summed E-state index contributed by atoms with van der Waals surface area (Å²) in [6.45, 7) is 1.79. The number of aryl methyl sites for hydroxylation is 1. The van der Waals surface area contributed by atoms with Crippen LogP contribution in [0.3, 0.4) is 0 Å². The van der Waals surface area contributed by atoms with Crippen LogP contribution >= 0.6 is 0 Å². The molecule has 0 saturated carbocycles. The maximum absolute atomic E-state index is 5.64. The van der Waals surface area contributed by atoms with Crippen molar-refractivity contribution in [2.24, 2.45) is 0 Å². The summed E-state index contributed by atoms with van der Waals surface area (Å²) in [4.78, 5) is 3.25. The zero-order chi connectivity index (χ0) is 16.1. The minimum absolute atomic E-state index is 0.502. The number of nitrogens with zero attached hydrogens (tertiary/aromatic N) is 3. The van der Waals surface area contributed by atoms with Crippen LogP contribution in [0.15, 0.2) is 53.2 Å². The van der Waals surface area contributed by atoms with Crippen molar-refractivity contribution in [1.82, 2.24) is 25.4 Å². The molecule has 5 rings (SSSR count). The van der Waals surface area contributed by atoms with Gasteiger partial charge in [-0.1, -0.05) is 12.1 Å². The summed E-state index contributed by atoms with van der Waals surface area (Å²) in [5.41, 5.74) is 5.13. The van der Waals surface area contributed by atoms with Crippen LogP contribution in [0.25, 0.3) is 44.4 Å². The van der Waals surface area contributed by atoms with Crippen LogP contribution < -0.4 is 0 Å². The van der Waals surface area contributed by atoms with Gasteiger partial charge in [0.2, 0.25) is 11.8 Å². The molecule has 0 amide bonds. The normalized spacial score (nSPS) is 11.5. The highest BCUT2D eigenvalue weighted by Gasteiger charge is 2.15. The summed E-state index contributed by atoms with van der Waals surface area (Å²) in [6, 6.07) is 12.5. The van der Waals surface area contributed by atoms with E-state index in [4.69, 9.17) is 4.42 Å². The van der Waals surface area contributed by atoms with Gasteiger partial charge in [-0.05, 0) is 35.4 Å². The molecule has 0 bridgehead atoms. The van der Waals surface area contributed by atoms with Gasteiger partial charge in [0.05, 0.1) is 17.3 Å². The molecule has 0 unspecified atom stereocenters. The van der Waals surface area contributed by atoms with Crippen molar-refractivity contribution >= 4 is 21.8 Å². The van der Waals surface area contributed by atoms with Gasteiger partial charge in [-0.3, -0.25) is 5.10 Å². The molecule has 2 aromatic carbocycles. The molecule has 0 spiro atoms. The van der Waals surface area contributed by atoms with Crippen LogP contribution in [0.2, 0.25) is 0 Å². The highest BCUT2D eigenvalue weighted by Crippen LogP contribution is 2.35. The highest BCUT2D eigenvalue weighted by atomic mass is 16.4. The molecule has 0 aliphatic rings. The molecule has 0 saturated heterocycles. The van der Waals surface area contributed by atoms with Gasteiger partial charge < -0.3 is 9.40 Å². The lowest BCUT2D eigenvalue weighted by Crippen LogP contribution is -1.85. The van der Waals surface area contributed by atoms with E-state index in [1.165, 1.54) is 5.39 Å². The first-order valence-electron chi connectivity index (χ1n) is 7.64. The summed E-state index contributed by atoms with van der Waals surface area (Å²) in [6.07, 6.45) is 3.73. The second kappa shape index (κ2) is 4.79. The molecule has 0 fully saturated rings. The molecule has 6 heteroatoms. The third-order valence-electron chi connectivity index (χ3n) is 4.22. The Morgan fingerprint density at radius 3 is 2.79 bits per heavy atom. The Kier molecular flexibility index (Phi) is 2.61. The highest BCUT2D eigenvalue weighted by molar-refractivity contribution is 6.01. The van der Waals surface area contributed by atoms with Crippen molar-refractivity contribution < 1.29 is 4.42 Å². The molecule has 24 heavy (non-hydrogen) atoms. The molecule has 0 radical (unpaired) electrons. The molecule has 0 aliphatic carbocycles. The predicted molar refractivity (Wildman–Crippen MR) is 91.4 cm³/mol. The van der Waals surface area contributed by atoms with E-state index in [-0.39, 0.29) is 0 Å². The summed E-state index contributed by atoms with van der Waals surface area (Å²) in [5, 5.41) is 17.4. The van der Waals surface area contributed by atoms with Crippen molar-refractivity contribution in [2.75, 3.05) is 0 Å². The van der Waals surface area contributed by atoms with Gasteiger partial charge in [0, 0.05) is 29.4 Å². The maximum Gasteiger partial charge on any atom is 0.248 e. The lowest BCUT2D eigenvalue weighted by atomic mass is 9.98. The van der Waals surface area contributed by atoms with Gasteiger partial charge in [-0.2, -0.15) is 5.10 Å². The smallest absolute Gasteiger partial charge is 0.248 e. The lowest BCUT2D eigenvalue weighted by molar-refractivity contribution is 0.533. The van der Waals surface area contributed by atoms with Gasteiger partial charge >= 0.3 is 0 Å². The average molecular weight is 315 g/mol. The topological polar surface area (TPSA) is 83.4 Å². The number of aromatic nitrogens is 5. The number of nitrogens with one attached hydrogen (secondary N) is 2. The summed E-state index contributed by atoms with van der Waals surface area (Å²) in [7, 11) is 0. The number of rotatable bonds is 2. The van der Waals surface area contributed by atoms with Gasteiger partial charge in [0.1, 0.15) is 0 Å². The Morgan fingerprint density at radius 1 is 0.958 bits per heavy atom. The third kappa shape index (κ3) is 1.86. The minimum Gasteiger partial charge on any atom is -0.421 e. The Labute approximate surface area is 136 Å². The molecule has 3 heterocycles.